The van der Waals surface area contributed by atoms with Gasteiger partial charge in [-0.15, -0.1) is 11.3 Å². The first-order chi connectivity index (χ1) is 8.00. The van der Waals surface area contributed by atoms with Gasteiger partial charge in [0.05, 0.1) is 5.56 Å². The third-order valence-corrected chi connectivity index (χ3v) is 2.97. The van der Waals surface area contributed by atoms with Crippen LogP contribution in [-0.4, -0.2) is 4.98 Å². The van der Waals surface area contributed by atoms with Gasteiger partial charge in [0.25, 0.3) is 0 Å². The first-order valence-corrected chi connectivity index (χ1v) is 5.42. The molecular formula is C11H5F3N2S. The number of hydrogen-bond acceptors (Lipinski definition) is 3. The zero-order valence-electron chi connectivity index (χ0n) is 8.32. The number of rotatable bonds is 1. The zero-order valence-corrected chi connectivity index (χ0v) is 9.14. The summed E-state index contributed by atoms with van der Waals surface area (Å²) in [4.78, 5) is 3.97. The van der Waals surface area contributed by atoms with E-state index in [-0.39, 0.29) is 5.69 Å². The van der Waals surface area contributed by atoms with Crippen molar-refractivity contribution in [3.63, 3.8) is 0 Å². The second kappa shape index (κ2) is 4.18. The Bertz CT molecular complexity index is 564. The summed E-state index contributed by atoms with van der Waals surface area (Å²) in [6.45, 7) is 0. The van der Waals surface area contributed by atoms with Crippen LogP contribution in [0, 0.1) is 11.3 Å². The van der Waals surface area contributed by atoms with Gasteiger partial charge in [-0.05, 0) is 12.1 Å². The number of thiazole rings is 1. The standard InChI is InChI=1S/C11H5F3N2S/c12-11(13,14)8-3-1-7(2-4-8)10-16-9(5-15)6-17-10/h1-4,6H. The fraction of sp³-hybridized carbons (Fsp3) is 0.0909. The molecule has 1 heterocycles. The maximum Gasteiger partial charge on any atom is 0.416 e. The second-order valence-electron chi connectivity index (χ2n) is 3.22. The number of hydrogen-bond donors (Lipinski definition) is 0. The van der Waals surface area contributed by atoms with Gasteiger partial charge in [0, 0.05) is 10.9 Å². The average molecular weight is 254 g/mol. The summed E-state index contributed by atoms with van der Waals surface area (Å²) < 4.78 is 37.0. The van der Waals surface area contributed by atoms with Crippen LogP contribution in [0.2, 0.25) is 0 Å². The van der Waals surface area contributed by atoms with Gasteiger partial charge >= 0.3 is 6.18 Å². The predicted molar refractivity (Wildman–Crippen MR) is 57.3 cm³/mol. The van der Waals surface area contributed by atoms with Crippen molar-refractivity contribution in [2.75, 3.05) is 0 Å². The van der Waals surface area contributed by atoms with Gasteiger partial charge < -0.3 is 0 Å². The molecule has 0 aliphatic rings. The molecule has 17 heavy (non-hydrogen) atoms. The molecule has 0 N–H and O–H groups in total. The van der Waals surface area contributed by atoms with E-state index in [1.54, 1.807) is 5.38 Å². The lowest BCUT2D eigenvalue weighted by atomic mass is 10.1. The first-order valence-electron chi connectivity index (χ1n) is 4.54. The van der Waals surface area contributed by atoms with Gasteiger partial charge in [0.15, 0.2) is 5.69 Å². The van der Waals surface area contributed by atoms with Crippen molar-refractivity contribution < 1.29 is 13.2 Å². The Balaban J connectivity index is 2.33. The molecule has 1 aromatic carbocycles. The largest absolute Gasteiger partial charge is 0.416 e. The van der Waals surface area contributed by atoms with E-state index in [9.17, 15) is 13.2 Å². The van der Waals surface area contributed by atoms with Crippen molar-refractivity contribution in [3.8, 4) is 16.6 Å². The summed E-state index contributed by atoms with van der Waals surface area (Å²) in [6, 6.07) is 6.58. The summed E-state index contributed by atoms with van der Waals surface area (Å²) in [5.74, 6) is 0. The van der Waals surface area contributed by atoms with E-state index in [2.05, 4.69) is 4.98 Å². The molecule has 6 heteroatoms. The van der Waals surface area contributed by atoms with Gasteiger partial charge in [0.1, 0.15) is 11.1 Å². The van der Waals surface area contributed by atoms with Crippen molar-refractivity contribution in [3.05, 3.63) is 40.9 Å². The molecule has 1 aromatic heterocycles. The van der Waals surface area contributed by atoms with Crippen LogP contribution in [0.1, 0.15) is 11.3 Å². The Hall–Kier alpha value is -1.87. The van der Waals surface area contributed by atoms with Gasteiger partial charge in [0.2, 0.25) is 0 Å². The monoisotopic (exact) mass is 254 g/mol. The van der Waals surface area contributed by atoms with Crippen molar-refractivity contribution in [2.45, 2.75) is 6.18 Å². The van der Waals surface area contributed by atoms with E-state index in [1.807, 2.05) is 6.07 Å². The van der Waals surface area contributed by atoms with Crippen LogP contribution in [-0.2, 0) is 6.18 Å². The normalized spacial score (nSPS) is 11.2. The number of aromatic nitrogens is 1. The van der Waals surface area contributed by atoms with Crippen LogP contribution in [0.15, 0.2) is 29.6 Å². The third-order valence-electron chi connectivity index (χ3n) is 2.08. The molecule has 2 rings (SSSR count). The molecule has 0 unspecified atom stereocenters. The van der Waals surface area contributed by atoms with Gasteiger partial charge in [-0.1, -0.05) is 12.1 Å². The second-order valence-corrected chi connectivity index (χ2v) is 4.08. The molecule has 0 saturated carbocycles. The molecule has 0 fully saturated rings. The molecule has 0 atom stereocenters. The topological polar surface area (TPSA) is 36.7 Å². The highest BCUT2D eigenvalue weighted by atomic mass is 32.1. The Morgan fingerprint density at radius 2 is 1.82 bits per heavy atom. The minimum absolute atomic E-state index is 0.268. The molecule has 86 valence electrons. The summed E-state index contributed by atoms with van der Waals surface area (Å²) >= 11 is 1.23. The van der Waals surface area contributed by atoms with E-state index in [1.165, 1.54) is 23.5 Å². The Morgan fingerprint density at radius 1 is 1.18 bits per heavy atom. The first kappa shape index (κ1) is 11.6. The minimum atomic E-state index is -4.33. The van der Waals surface area contributed by atoms with Crippen LogP contribution in [0.25, 0.3) is 10.6 Å². The Kier molecular flexibility index (Phi) is 2.86. The van der Waals surface area contributed by atoms with Crippen LogP contribution < -0.4 is 0 Å². The van der Waals surface area contributed by atoms with Crippen LogP contribution in [0.4, 0.5) is 13.2 Å². The molecule has 0 aliphatic heterocycles. The van der Waals surface area contributed by atoms with Crippen LogP contribution in [0.5, 0.6) is 0 Å². The van der Waals surface area contributed by atoms with Gasteiger partial charge in [-0.25, -0.2) is 4.98 Å². The highest BCUT2D eigenvalue weighted by Gasteiger charge is 2.30. The molecule has 2 aromatic rings. The summed E-state index contributed by atoms with van der Waals surface area (Å²) in [6.07, 6.45) is -4.33. The predicted octanol–water partition coefficient (Wildman–Crippen LogP) is 3.70. The van der Waals surface area contributed by atoms with Crippen molar-refractivity contribution in [1.82, 2.24) is 4.98 Å². The zero-order chi connectivity index (χ0) is 12.5. The molecule has 0 aliphatic carbocycles. The van der Waals surface area contributed by atoms with E-state index in [0.717, 1.165) is 12.1 Å². The van der Waals surface area contributed by atoms with Gasteiger partial charge in [-0.2, -0.15) is 18.4 Å². The Morgan fingerprint density at radius 3 is 2.29 bits per heavy atom. The maximum absolute atomic E-state index is 12.3. The number of halogens is 3. The van der Waals surface area contributed by atoms with E-state index in [4.69, 9.17) is 5.26 Å². The molecule has 0 bridgehead atoms. The quantitative estimate of drug-likeness (QED) is 0.778. The molecule has 0 radical (unpaired) electrons. The summed E-state index contributed by atoms with van der Waals surface area (Å²) in [5, 5.41) is 10.7. The van der Waals surface area contributed by atoms with E-state index >= 15 is 0 Å². The highest BCUT2D eigenvalue weighted by molar-refractivity contribution is 7.13. The van der Waals surface area contributed by atoms with E-state index in [0.29, 0.717) is 10.6 Å². The van der Waals surface area contributed by atoms with Crippen molar-refractivity contribution in [2.24, 2.45) is 0 Å². The highest BCUT2D eigenvalue weighted by Crippen LogP contribution is 2.31. The SMILES string of the molecule is N#Cc1csc(-c2ccc(C(F)(F)F)cc2)n1. The van der Waals surface area contributed by atoms with Crippen LogP contribution in [0.3, 0.4) is 0 Å². The molecule has 0 spiro atoms. The summed E-state index contributed by atoms with van der Waals surface area (Å²) in [5.41, 5.74) is 0.146. The van der Waals surface area contributed by atoms with Crippen molar-refractivity contribution >= 4 is 11.3 Å². The molecule has 0 amide bonds. The number of nitrogens with zero attached hydrogens (tertiary/aromatic N) is 2. The molecular weight excluding hydrogens is 249 g/mol. The van der Waals surface area contributed by atoms with Crippen molar-refractivity contribution in [1.29, 1.82) is 5.26 Å². The lowest BCUT2D eigenvalue weighted by Gasteiger charge is -2.06. The van der Waals surface area contributed by atoms with E-state index < -0.39 is 11.7 Å². The number of alkyl halides is 3. The summed E-state index contributed by atoms with van der Waals surface area (Å²) in [7, 11) is 0. The maximum atomic E-state index is 12.3. The third kappa shape index (κ3) is 2.45. The number of nitriles is 1. The lowest BCUT2D eigenvalue weighted by Crippen LogP contribution is -2.03. The average Bonchev–Trinajstić information content (AvgIpc) is 2.76. The fourth-order valence-electron chi connectivity index (χ4n) is 1.26. The minimum Gasteiger partial charge on any atom is -0.225 e. The lowest BCUT2D eigenvalue weighted by molar-refractivity contribution is -0.137. The van der Waals surface area contributed by atoms with Crippen LogP contribution >= 0.6 is 11.3 Å². The molecule has 0 saturated heterocycles. The van der Waals surface area contributed by atoms with Gasteiger partial charge in [-0.3, -0.25) is 0 Å². The smallest absolute Gasteiger partial charge is 0.225 e. The number of benzene rings is 1. The molecule has 2 nitrogen and oxygen atoms in total. The fourth-order valence-corrected chi connectivity index (χ4v) is 2.01. The Labute approximate surface area is 99.0 Å².